The quantitative estimate of drug-likeness (QED) is 0.804. The summed E-state index contributed by atoms with van der Waals surface area (Å²) in [7, 11) is 3.61. The monoisotopic (exact) mass is 324 g/mol. The summed E-state index contributed by atoms with van der Waals surface area (Å²) in [6.07, 6.45) is 0.212. The van der Waals surface area contributed by atoms with Crippen LogP contribution in [0.4, 0.5) is 0 Å². The van der Waals surface area contributed by atoms with Crippen LogP contribution < -0.4 is 0 Å². The van der Waals surface area contributed by atoms with Gasteiger partial charge in [0.15, 0.2) is 0 Å². The van der Waals surface area contributed by atoms with E-state index in [1.54, 1.807) is 30.3 Å². The van der Waals surface area contributed by atoms with Crippen molar-refractivity contribution in [2.45, 2.75) is 25.6 Å². The third-order valence-electron chi connectivity index (χ3n) is 4.38. The highest BCUT2D eigenvalue weighted by Crippen LogP contribution is 2.24. The molecule has 0 aliphatic carbocycles. The van der Waals surface area contributed by atoms with Crippen LogP contribution in [0.1, 0.15) is 10.7 Å². The molecule has 1 aromatic heterocycles. The summed E-state index contributed by atoms with van der Waals surface area (Å²) in [5, 5.41) is 3.26. The molecule has 7 heteroatoms. The van der Waals surface area contributed by atoms with Crippen LogP contribution in [0.25, 0.3) is 0 Å². The maximum Gasteiger partial charge on any atom is 0.236 e. The van der Waals surface area contributed by atoms with E-state index >= 15 is 0 Å². The number of thiazole rings is 1. The zero-order valence-electron chi connectivity index (χ0n) is 13.5. The van der Waals surface area contributed by atoms with Gasteiger partial charge in [0.1, 0.15) is 0 Å². The highest BCUT2D eigenvalue weighted by Gasteiger charge is 2.40. The van der Waals surface area contributed by atoms with Crippen molar-refractivity contribution in [1.29, 1.82) is 0 Å². The average Bonchev–Trinajstić information content (AvgIpc) is 3.05. The first kappa shape index (κ1) is 15.9. The number of fused-ring (bicyclic) bond motifs is 1. The highest BCUT2D eigenvalue weighted by molar-refractivity contribution is 7.09. The SMILES string of the molecule is Cc1nc(CN2CCO[C@@H]3CN(CC(=O)N(C)C)C[C@@H]32)cs1. The van der Waals surface area contributed by atoms with Gasteiger partial charge in [0.05, 0.1) is 36.0 Å². The Morgan fingerprint density at radius 2 is 2.32 bits per heavy atom. The number of nitrogens with zero attached hydrogens (tertiary/aromatic N) is 4. The van der Waals surface area contributed by atoms with Gasteiger partial charge >= 0.3 is 0 Å². The number of aryl methyl sites for hydroxylation is 1. The van der Waals surface area contributed by atoms with Crippen molar-refractivity contribution in [3.63, 3.8) is 0 Å². The number of carbonyl (C=O) groups excluding carboxylic acids is 1. The molecular formula is C15H24N4O2S. The van der Waals surface area contributed by atoms with Gasteiger partial charge in [-0.05, 0) is 6.92 Å². The van der Waals surface area contributed by atoms with Crippen molar-refractivity contribution in [2.24, 2.45) is 0 Å². The Bertz CT molecular complexity index is 533. The topological polar surface area (TPSA) is 48.9 Å². The van der Waals surface area contributed by atoms with Crippen LogP contribution >= 0.6 is 11.3 Å². The van der Waals surface area contributed by atoms with Gasteiger partial charge in [0.2, 0.25) is 5.91 Å². The zero-order valence-corrected chi connectivity index (χ0v) is 14.3. The standard InChI is InChI=1S/C15H24N4O2S/c1-11-16-12(10-22-11)6-19-4-5-21-14-8-18(7-13(14)19)9-15(20)17(2)3/h10,13-14H,4-9H2,1-3H3/t13-,14+/m0/s1. The van der Waals surface area contributed by atoms with Gasteiger partial charge in [0, 0.05) is 45.7 Å². The Morgan fingerprint density at radius 3 is 3.00 bits per heavy atom. The molecule has 2 fully saturated rings. The first-order valence-corrected chi connectivity index (χ1v) is 8.60. The van der Waals surface area contributed by atoms with Crippen LogP contribution in [-0.4, -0.2) is 84.6 Å². The normalized spacial score (nSPS) is 26.1. The fourth-order valence-electron chi connectivity index (χ4n) is 3.18. The summed E-state index contributed by atoms with van der Waals surface area (Å²) in [4.78, 5) is 22.8. The lowest BCUT2D eigenvalue weighted by molar-refractivity contribution is -0.129. The molecule has 3 rings (SSSR count). The molecule has 6 nitrogen and oxygen atoms in total. The third-order valence-corrected chi connectivity index (χ3v) is 5.20. The molecule has 2 atom stereocenters. The number of ether oxygens (including phenoxy) is 1. The number of aromatic nitrogens is 1. The fourth-order valence-corrected chi connectivity index (χ4v) is 3.79. The Balaban J connectivity index is 1.61. The van der Waals surface area contributed by atoms with Crippen molar-refractivity contribution in [1.82, 2.24) is 19.7 Å². The summed E-state index contributed by atoms with van der Waals surface area (Å²) in [5.74, 6) is 0.153. The molecule has 3 heterocycles. The number of likely N-dealkylation sites (tertiary alicyclic amines) is 1. The molecule has 0 saturated carbocycles. The van der Waals surface area contributed by atoms with Crippen molar-refractivity contribution in [2.75, 3.05) is 46.9 Å². The number of hydrogen-bond donors (Lipinski definition) is 0. The van der Waals surface area contributed by atoms with Crippen LogP contribution in [0.5, 0.6) is 0 Å². The van der Waals surface area contributed by atoms with Crippen LogP contribution in [0.15, 0.2) is 5.38 Å². The number of carbonyl (C=O) groups is 1. The van der Waals surface area contributed by atoms with E-state index in [9.17, 15) is 4.79 Å². The van der Waals surface area contributed by atoms with Crippen LogP contribution in [0, 0.1) is 6.92 Å². The Hall–Kier alpha value is -1.02. The molecule has 2 aliphatic heterocycles. The van der Waals surface area contributed by atoms with Gasteiger partial charge in [-0.25, -0.2) is 4.98 Å². The van der Waals surface area contributed by atoms with Gasteiger partial charge in [-0.2, -0.15) is 0 Å². The lowest BCUT2D eigenvalue weighted by atomic mass is 10.1. The second-order valence-electron chi connectivity index (χ2n) is 6.29. The summed E-state index contributed by atoms with van der Waals surface area (Å²) >= 11 is 1.70. The molecule has 0 bridgehead atoms. The van der Waals surface area contributed by atoms with E-state index in [1.165, 1.54) is 0 Å². The number of morpholine rings is 1. The second-order valence-corrected chi connectivity index (χ2v) is 7.35. The Labute approximate surface area is 135 Å². The van der Waals surface area contributed by atoms with Crippen molar-refractivity contribution < 1.29 is 9.53 Å². The molecule has 1 amide bonds. The minimum atomic E-state index is 0.153. The molecule has 0 spiro atoms. The molecule has 0 unspecified atom stereocenters. The number of likely N-dealkylation sites (N-methyl/N-ethyl adjacent to an activating group) is 1. The van der Waals surface area contributed by atoms with Gasteiger partial charge in [-0.1, -0.05) is 0 Å². The maximum absolute atomic E-state index is 11.9. The number of amides is 1. The van der Waals surface area contributed by atoms with E-state index in [2.05, 4.69) is 20.2 Å². The van der Waals surface area contributed by atoms with Gasteiger partial charge in [0.25, 0.3) is 0 Å². The predicted octanol–water partition coefficient (Wildman–Crippen LogP) is 0.425. The van der Waals surface area contributed by atoms with Crippen LogP contribution in [-0.2, 0) is 16.1 Å². The van der Waals surface area contributed by atoms with E-state index in [0.29, 0.717) is 12.6 Å². The Kier molecular flexibility index (Phi) is 4.77. The van der Waals surface area contributed by atoms with E-state index in [0.717, 1.165) is 43.5 Å². The van der Waals surface area contributed by atoms with Crippen LogP contribution in [0.2, 0.25) is 0 Å². The second kappa shape index (κ2) is 6.62. The molecule has 1 aromatic rings. The smallest absolute Gasteiger partial charge is 0.236 e. The zero-order chi connectivity index (χ0) is 15.7. The maximum atomic E-state index is 11.9. The lowest BCUT2D eigenvalue weighted by Crippen LogP contribution is -2.50. The summed E-state index contributed by atoms with van der Waals surface area (Å²) in [5.41, 5.74) is 1.14. The minimum Gasteiger partial charge on any atom is -0.374 e. The molecule has 0 radical (unpaired) electrons. The molecule has 22 heavy (non-hydrogen) atoms. The first-order chi connectivity index (χ1) is 10.5. The third kappa shape index (κ3) is 3.48. The average molecular weight is 324 g/mol. The molecule has 122 valence electrons. The van der Waals surface area contributed by atoms with Gasteiger partial charge < -0.3 is 9.64 Å². The highest BCUT2D eigenvalue weighted by atomic mass is 32.1. The summed E-state index contributed by atoms with van der Waals surface area (Å²) in [6.45, 7) is 6.84. The van der Waals surface area contributed by atoms with Crippen molar-refractivity contribution in [3.8, 4) is 0 Å². The van der Waals surface area contributed by atoms with E-state index in [4.69, 9.17) is 4.74 Å². The van der Waals surface area contributed by atoms with Gasteiger partial charge in [-0.3, -0.25) is 14.6 Å². The van der Waals surface area contributed by atoms with Crippen molar-refractivity contribution in [3.05, 3.63) is 16.1 Å². The summed E-state index contributed by atoms with van der Waals surface area (Å²) < 4.78 is 5.92. The van der Waals surface area contributed by atoms with Crippen LogP contribution in [0.3, 0.4) is 0 Å². The largest absolute Gasteiger partial charge is 0.374 e. The van der Waals surface area contributed by atoms with E-state index in [1.807, 2.05) is 6.92 Å². The molecular weight excluding hydrogens is 300 g/mol. The van der Waals surface area contributed by atoms with E-state index in [-0.39, 0.29) is 12.0 Å². The minimum absolute atomic E-state index is 0.153. The first-order valence-electron chi connectivity index (χ1n) is 7.72. The van der Waals surface area contributed by atoms with Gasteiger partial charge in [-0.15, -0.1) is 11.3 Å². The summed E-state index contributed by atoms with van der Waals surface area (Å²) in [6, 6.07) is 0.366. The Morgan fingerprint density at radius 1 is 1.50 bits per heavy atom. The molecule has 2 saturated heterocycles. The predicted molar refractivity (Wildman–Crippen MR) is 85.9 cm³/mol. The number of rotatable bonds is 4. The lowest BCUT2D eigenvalue weighted by Gasteiger charge is -2.36. The molecule has 2 aliphatic rings. The molecule has 0 N–H and O–H groups in total. The fraction of sp³-hybridized carbons (Fsp3) is 0.733. The van der Waals surface area contributed by atoms with E-state index < -0.39 is 0 Å². The van der Waals surface area contributed by atoms with Crippen molar-refractivity contribution >= 4 is 17.2 Å². The molecule has 0 aromatic carbocycles. The number of hydrogen-bond acceptors (Lipinski definition) is 6.